The maximum atomic E-state index is 13.3. The number of carbonyl (C=O) groups excluding carboxylic acids is 1. The van der Waals surface area contributed by atoms with Crippen molar-refractivity contribution < 1.29 is 13.6 Å². The molecular formula is C20H15F2N3O. The molecule has 0 aliphatic carbocycles. The van der Waals surface area contributed by atoms with Crippen LogP contribution in [0.5, 0.6) is 0 Å². The average molecular weight is 351 g/mol. The number of anilines is 3. The molecule has 2 aromatic carbocycles. The second kappa shape index (κ2) is 6.55. The number of nitrogens with zero attached hydrogens (tertiary/aromatic N) is 2. The maximum Gasteiger partial charge on any atom is 0.255 e. The summed E-state index contributed by atoms with van der Waals surface area (Å²) < 4.78 is 26.3. The average Bonchev–Trinajstić information content (AvgIpc) is 3.09. The van der Waals surface area contributed by atoms with Crippen LogP contribution in [0.3, 0.4) is 0 Å². The minimum atomic E-state index is -1.01. The molecule has 0 unspecified atom stereocenters. The third kappa shape index (κ3) is 3.01. The van der Waals surface area contributed by atoms with Crippen LogP contribution in [-0.4, -0.2) is 17.4 Å². The van der Waals surface area contributed by atoms with Crippen LogP contribution in [0.2, 0.25) is 0 Å². The Hall–Kier alpha value is -3.28. The van der Waals surface area contributed by atoms with E-state index in [4.69, 9.17) is 0 Å². The van der Waals surface area contributed by atoms with Crippen LogP contribution in [0.4, 0.5) is 26.0 Å². The quantitative estimate of drug-likeness (QED) is 0.765. The molecule has 0 bridgehead atoms. The Morgan fingerprint density at radius 2 is 1.88 bits per heavy atom. The highest BCUT2D eigenvalue weighted by Gasteiger charge is 2.21. The Labute approximate surface area is 149 Å². The molecule has 0 spiro atoms. The summed E-state index contributed by atoms with van der Waals surface area (Å²) >= 11 is 0. The highest BCUT2D eigenvalue weighted by Crippen LogP contribution is 2.33. The zero-order valence-corrected chi connectivity index (χ0v) is 13.7. The van der Waals surface area contributed by atoms with E-state index >= 15 is 0 Å². The standard InChI is InChI=1S/C20H15F2N3O/c21-16-6-5-15(12-17(16)22)24-20(26)14-7-9-23-19(11-14)25-10-8-13-3-1-2-4-18(13)25/h1-7,9,11-12H,8,10H2,(H,24,26). The molecule has 0 radical (unpaired) electrons. The van der Waals surface area contributed by atoms with Gasteiger partial charge in [-0.3, -0.25) is 4.79 Å². The fraction of sp³-hybridized carbons (Fsp3) is 0.100. The summed E-state index contributed by atoms with van der Waals surface area (Å²) in [5.74, 6) is -1.70. The molecule has 1 aliphatic heterocycles. The van der Waals surface area contributed by atoms with Crippen LogP contribution < -0.4 is 10.2 Å². The lowest BCUT2D eigenvalue weighted by Crippen LogP contribution is -2.17. The van der Waals surface area contributed by atoms with Crippen molar-refractivity contribution in [2.24, 2.45) is 0 Å². The Bertz CT molecular complexity index is 990. The first-order chi connectivity index (χ1) is 12.6. The number of pyridine rings is 1. The van der Waals surface area contributed by atoms with E-state index in [1.54, 1.807) is 18.3 Å². The van der Waals surface area contributed by atoms with Crippen molar-refractivity contribution in [2.75, 3.05) is 16.8 Å². The first kappa shape index (κ1) is 16.2. The molecule has 26 heavy (non-hydrogen) atoms. The highest BCUT2D eigenvalue weighted by atomic mass is 19.2. The van der Waals surface area contributed by atoms with Crippen LogP contribution in [0.1, 0.15) is 15.9 Å². The molecule has 3 aromatic rings. The van der Waals surface area contributed by atoms with E-state index in [9.17, 15) is 13.6 Å². The number of hydrogen-bond acceptors (Lipinski definition) is 3. The molecule has 2 heterocycles. The fourth-order valence-corrected chi connectivity index (χ4v) is 3.06. The van der Waals surface area contributed by atoms with Crippen molar-refractivity contribution in [3.63, 3.8) is 0 Å². The van der Waals surface area contributed by atoms with Gasteiger partial charge in [-0.25, -0.2) is 13.8 Å². The molecule has 0 saturated carbocycles. The number of amides is 1. The Balaban J connectivity index is 1.58. The minimum Gasteiger partial charge on any atom is -0.326 e. The van der Waals surface area contributed by atoms with E-state index in [2.05, 4.69) is 21.3 Å². The molecule has 1 aromatic heterocycles. The third-order valence-corrected chi connectivity index (χ3v) is 4.35. The lowest BCUT2D eigenvalue weighted by atomic mass is 10.2. The molecule has 0 fully saturated rings. The van der Waals surface area contributed by atoms with Crippen molar-refractivity contribution in [2.45, 2.75) is 6.42 Å². The summed E-state index contributed by atoms with van der Waals surface area (Å²) in [6.07, 6.45) is 2.49. The molecule has 1 aliphatic rings. The van der Waals surface area contributed by atoms with Crippen molar-refractivity contribution >= 4 is 23.1 Å². The Kier molecular flexibility index (Phi) is 4.08. The van der Waals surface area contributed by atoms with Crippen molar-refractivity contribution in [1.82, 2.24) is 4.98 Å². The zero-order chi connectivity index (χ0) is 18.1. The van der Waals surface area contributed by atoms with Crippen molar-refractivity contribution in [1.29, 1.82) is 0 Å². The van der Waals surface area contributed by atoms with Gasteiger partial charge in [0.15, 0.2) is 11.6 Å². The molecular weight excluding hydrogens is 336 g/mol. The van der Waals surface area contributed by atoms with Gasteiger partial charge in [-0.2, -0.15) is 0 Å². The van der Waals surface area contributed by atoms with Crippen LogP contribution in [0.25, 0.3) is 0 Å². The van der Waals surface area contributed by atoms with Crippen molar-refractivity contribution in [3.8, 4) is 0 Å². The van der Waals surface area contributed by atoms with E-state index in [1.807, 2.05) is 18.2 Å². The van der Waals surface area contributed by atoms with Gasteiger partial charge >= 0.3 is 0 Å². The van der Waals surface area contributed by atoms with Gasteiger partial charge in [0.25, 0.3) is 5.91 Å². The summed E-state index contributed by atoms with van der Waals surface area (Å²) in [5, 5.41) is 2.57. The summed E-state index contributed by atoms with van der Waals surface area (Å²) in [4.78, 5) is 18.9. The van der Waals surface area contributed by atoms with E-state index < -0.39 is 17.5 Å². The van der Waals surface area contributed by atoms with E-state index in [0.29, 0.717) is 11.4 Å². The van der Waals surface area contributed by atoms with E-state index in [-0.39, 0.29) is 5.69 Å². The molecule has 130 valence electrons. The van der Waals surface area contributed by atoms with Gasteiger partial charge in [-0.15, -0.1) is 0 Å². The number of hydrogen-bond donors (Lipinski definition) is 1. The molecule has 0 atom stereocenters. The number of benzene rings is 2. The Morgan fingerprint density at radius 3 is 2.73 bits per heavy atom. The number of nitrogens with one attached hydrogen (secondary N) is 1. The summed E-state index contributed by atoms with van der Waals surface area (Å²) in [7, 11) is 0. The molecule has 4 nitrogen and oxygen atoms in total. The summed E-state index contributed by atoms with van der Waals surface area (Å²) in [6, 6.07) is 14.6. The van der Waals surface area contributed by atoms with Gasteiger partial charge in [0.2, 0.25) is 0 Å². The first-order valence-electron chi connectivity index (χ1n) is 8.20. The predicted octanol–water partition coefficient (Wildman–Crippen LogP) is 4.31. The first-order valence-corrected chi connectivity index (χ1v) is 8.20. The van der Waals surface area contributed by atoms with Crippen LogP contribution >= 0.6 is 0 Å². The van der Waals surface area contributed by atoms with E-state index in [0.717, 1.165) is 30.8 Å². The predicted molar refractivity (Wildman–Crippen MR) is 95.7 cm³/mol. The van der Waals surface area contributed by atoms with Gasteiger partial charge in [0.05, 0.1) is 0 Å². The number of rotatable bonds is 3. The van der Waals surface area contributed by atoms with Gasteiger partial charge in [0.1, 0.15) is 5.82 Å². The highest BCUT2D eigenvalue weighted by molar-refractivity contribution is 6.04. The molecule has 6 heteroatoms. The molecule has 4 rings (SSSR count). The normalized spacial score (nSPS) is 12.8. The third-order valence-electron chi connectivity index (χ3n) is 4.35. The topological polar surface area (TPSA) is 45.2 Å². The second-order valence-electron chi connectivity index (χ2n) is 6.02. The molecule has 1 N–H and O–H groups in total. The molecule has 0 saturated heterocycles. The molecule has 1 amide bonds. The maximum absolute atomic E-state index is 13.3. The number of carbonyl (C=O) groups is 1. The number of fused-ring (bicyclic) bond motifs is 1. The number of halogens is 2. The van der Waals surface area contributed by atoms with Crippen LogP contribution in [0, 0.1) is 11.6 Å². The van der Waals surface area contributed by atoms with Crippen LogP contribution in [0.15, 0.2) is 60.8 Å². The summed E-state index contributed by atoms with van der Waals surface area (Å²) in [5.41, 5.74) is 2.91. The lowest BCUT2D eigenvalue weighted by molar-refractivity contribution is 0.102. The van der Waals surface area contributed by atoms with Crippen LogP contribution in [-0.2, 0) is 6.42 Å². The Morgan fingerprint density at radius 1 is 1.04 bits per heavy atom. The monoisotopic (exact) mass is 351 g/mol. The number of aromatic nitrogens is 1. The van der Waals surface area contributed by atoms with Gasteiger partial charge in [-0.1, -0.05) is 18.2 Å². The van der Waals surface area contributed by atoms with Crippen molar-refractivity contribution in [3.05, 3.63) is 83.6 Å². The lowest BCUT2D eigenvalue weighted by Gasteiger charge is -2.18. The van der Waals surface area contributed by atoms with Gasteiger partial charge in [-0.05, 0) is 42.3 Å². The van der Waals surface area contributed by atoms with Gasteiger partial charge < -0.3 is 10.2 Å². The largest absolute Gasteiger partial charge is 0.326 e. The zero-order valence-electron chi connectivity index (χ0n) is 13.7. The SMILES string of the molecule is O=C(Nc1ccc(F)c(F)c1)c1ccnc(N2CCc3ccccc32)c1. The number of para-hydroxylation sites is 1. The smallest absolute Gasteiger partial charge is 0.255 e. The second-order valence-corrected chi connectivity index (χ2v) is 6.02. The van der Waals surface area contributed by atoms with Gasteiger partial charge in [0, 0.05) is 35.7 Å². The fourth-order valence-electron chi connectivity index (χ4n) is 3.06. The summed E-state index contributed by atoms with van der Waals surface area (Å²) in [6.45, 7) is 0.792. The minimum absolute atomic E-state index is 0.193. The van der Waals surface area contributed by atoms with E-state index in [1.165, 1.54) is 11.6 Å².